The summed E-state index contributed by atoms with van der Waals surface area (Å²) in [6.07, 6.45) is 4.69. The molecular weight excluding hydrogens is 247 g/mol. The number of hydrogen-bond donors (Lipinski definition) is 2. The molecule has 2 rings (SSSR count). The van der Waals surface area contributed by atoms with Gasteiger partial charge in [-0.25, -0.2) is 9.87 Å². The van der Waals surface area contributed by atoms with Crippen LogP contribution in [0.5, 0.6) is 0 Å². The Hall–Kier alpha value is -2.40. The number of nitrogens with zero attached hydrogens (tertiary/aromatic N) is 1. The molecule has 0 fully saturated rings. The van der Waals surface area contributed by atoms with E-state index in [2.05, 4.69) is 0 Å². The second kappa shape index (κ2) is 5.97. The predicted molar refractivity (Wildman–Crippen MR) is 68.9 cm³/mol. The van der Waals surface area contributed by atoms with Gasteiger partial charge in [0.25, 0.3) is 5.91 Å². The Morgan fingerprint density at radius 2 is 2.05 bits per heavy atom. The molecule has 4 nitrogen and oxygen atoms in total. The van der Waals surface area contributed by atoms with Crippen molar-refractivity contribution in [2.45, 2.75) is 6.54 Å². The quantitative estimate of drug-likeness (QED) is 0.503. The number of nitrogens with one attached hydrogen (secondary N) is 1. The van der Waals surface area contributed by atoms with Gasteiger partial charge in [0.15, 0.2) is 0 Å². The average molecular weight is 260 g/mol. The van der Waals surface area contributed by atoms with E-state index >= 15 is 0 Å². The Kier molecular flexibility index (Phi) is 4.10. The van der Waals surface area contributed by atoms with E-state index in [1.807, 2.05) is 22.9 Å². The smallest absolute Gasteiger partial charge is 0.267 e. The first-order valence-electron chi connectivity index (χ1n) is 5.71. The summed E-state index contributed by atoms with van der Waals surface area (Å²) >= 11 is 0. The Morgan fingerprint density at radius 3 is 2.74 bits per heavy atom. The van der Waals surface area contributed by atoms with Crippen LogP contribution < -0.4 is 5.48 Å². The number of rotatable bonds is 4. The van der Waals surface area contributed by atoms with E-state index in [9.17, 15) is 9.18 Å². The lowest BCUT2D eigenvalue weighted by Gasteiger charge is -2.06. The first-order chi connectivity index (χ1) is 9.19. The molecule has 2 N–H and O–H groups in total. The fourth-order valence-corrected chi connectivity index (χ4v) is 1.71. The molecule has 0 radical (unpaired) electrons. The lowest BCUT2D eigenvalue weighted by molar-refractivity contribution is -0.124. The maximum atomic E-state index is 12.8. The Balaban J connectivity index is 2.13. The van der Waals surface area contributed by atoms with Gasteiger partial charge in [-0.15, -0.1) is 0 Å². The lowest BCUT2D eigenvalue weighted by Crippen LogP contribution is -2.15. The third-order valence-corrected chi connectivity index (χ3v) is 2.65. The van der Waals surface area contributed by atoms with Crippen LogP contribution in [0, 0.1) is 5.82 Å². The molecule has 0 saturated carbocycles. The normalized spacial score (nSPS) is 10.8. The van der Waals surface area contributed by atoms with Gasteiger partial charge in [-0.1, -0.05) is 12.1 Å². The minimum atomic E-state index is -0.588. The number of hydrogen-bond acceptors (Lipinski definition) is 2. The van der Waals surface area contributed by atoms with Crippen LogP contribution >= 0.6 is 0 Å². The van der Waals surface area contributed by atoms with E-state index in [4.69, 9.17) is 5.21 Å². The van der Waals surface area contributed by atoms with Gasteiger partial charge in [0, 0.05) is 24.5 Å². The molecular formula is C14H13FN2O2. The summed E-state index contributed by atoms with van der Waals surface area (Å²) in [4.78, 5) is 10.9. The Bertz CT molecular complexity index is 588. The van der Waals surface area contributed by atoms with Crippen LogP contribution in [0.4, 0.5) is 4.39 Å². The van der Waals surface area contributed by atoms with Crippen LogP contribution in [0.1, 0.15) is 11.3 Å². The third-order valence-electron chi connectivity index (χ3n) is 2.65. The summed E-state index contributed by atoms with van der Waals surface area (Å²) in [6.45, 7) is 0.577. The van der Waals surface area contributed by atoms with Crippen molar-refractivity contribution >= 4 is 12.0 Å². The highest BCUT2D eigenvalue weighted by Gasteiger charge is 2.00. The molecule has 98 valence electrons. The molecule has 0 unspecified atom stereocenters. The number of aromatic nitrogens is 1. The van der Waals surface area contributed by atoms with Crippen molar-refractivity contribution in [3.8, 4) is 0 Å². The van der Waals surface area contributed by atoms with E-state index in [0.717, 1.165) is 11.3 Å². The molecule has 0 spiro atoms. The predicted octanol–water partition coefficient (Wildman–Crippen LogP) is 2.19. The maximum Gasteiger partial charge on any atom is 0.267 e. The summed E-state index contributed by atoms with van der Waals surface area (Å²) in [5.41, 5.74) is 3.30. The summed E-state index contributed by atoms with van der Waals surface area (Å²) in [5, 5.41) is 8.40. The molecule has 0 aliphatic carbocycles. The van der Waals surface area contributed by atoms with Crippen LogP contribution in [0.25, 0.3) is 6.08 Å². The highest BCUT2D eigenvalue weighted by Crippen LogP contribution is 2.10. The van der Waals surface area contributed by atoms with Gasteiger partial charge in [0.1, 0.15) is 5.82 Å². The molecule has 1 aromatic carbocycles. The zero-order valence-corrected chi connectivity index (χ0v) is 10.1. The second-order valence-corrected chi connectivity index (χ2v) is 4.00. The van der Waals surface area contributed by atoms with Crippen molar-refractivity contribution in [1.82, 2.24) is 10.0 Å². The standard InChI is InChI=1S/C14H13FN2O2/c15-12-5-3-11(4-6-12)10-17-9-1-2-13(17)7-8-14(18)16-19/h1-9,19H,10H2,(H,16,18). The Morgan fingerprint density at radius 1 is 1.32 bits per heavy atom. The van der Waals surface area contributed by atoms with E-state index in [-0.39, 0.29) is 5.82 Å². The monoisotopic (exact) mass is 260 g/mol. The van der Waals surface area contributed by atoms with Gasteiger partial charge < -0.3 is 4.57 Å². The third kappa shape index (κ3) is 3.53. The fraction of sp³-hybridized carbons (Fsp3) is 0.0714. The molecule has 19 heavy (non-hydrogen) atoms. The number of halogens is 1. The minimum absolute atomic E-state index is 0.268. The highest BCUT2D eigenvalue weighted by atomic mass is 19.1. The number of hydroxylamine groups is 1. The summed E-state index contributed by atoms with van der Waals surface area (Å²) in [7, 11) is 0. The van der Waals surface area contributed by atoms with Gasteiger partial charge in [0.05, 0.1) is 0 Å². The van der Waals surface area contributed by atoms with Crippen molar-refractivity contribution < 1.29 is 14.4 Å². The van der Waals surface area contributed by atoms with E-state index < -0.39 is 5.91 Å². The maximum absolute atomic E-state index is 12.8. The number of amides is 1. The van der Waals surface area contributed by atoms with Gasteiger partial charge in [0.2, 0.25) is 0 Å². The van der Waals surface area contributed by atoms with Crippen molar-refractivity contribution in [1.29, 1.82) is 0 Å². The van der Waals surface area contributed by atoms with E-state index in [1.165, 1.54) is 23.7 Å². The molecule has 1 aromatic heterocycles. The van der Waals surface area contributed by atoms with Crippen molar-refractivity contribution in [3.63, 3.8) is 0 Å². The second-order valence-electron chi connectivity index (χ2n) is 4.00. The first-order valence-corrected chi connectivity index (χ1v) is 5.71. The van der Waals surface area contributed by atoms with Crippen LogP contribution in [0.2, 0.25) is 0 Å². The number of carbonyl (C=O) groups is 1. The average Bonchev–Trinajstić information content (AvgIpc) is 2.86. The summed E-state index contributed by atoms with van der Waals surface area (Å²) in [5.74, 6) is -0.856. The summed E-state index contributed by atoms with van der Waals surface area (Å²) < 4.78 is 14.7. The fourth-order valence-electron chi connectivity index (χ4n) is 1.71. The molecule has 0 atom stereocenters. The van der Waals surface area contributed by atoms with Crippen molar-refractivity contribution in [2.75, 3.05) is 0 Å². The molecule has 0 bridgehead atoms. The van der Waals surface area contributed by atoms with Crippen molar-refractivity contribution in [2.24, 2.45) is 0 Å². The lowest BCUT2D eigenvalue weighted by atomic mass is 10.2. The zero-order valence-electron chi connectivity index (χ0n) is 10.1. The van der Waals surface area contributed by atoms with Gasteiger partial charge in [-0.2, -0.15) is 0 Å². The first kappa shape index (κ1) is 13.0. The van der Waals surface area contributed by atoms with E-state index in [1.54, 1.807) is 18.2 Å². The van der Waals surface area contributed by atoms with Gasteiger partial charge in [-0.3, -0.25) is 10.0 Å². The van der Waals surface area contributed by atoms with Crippen molar-refractivity contribution in [3.05, 3.63) is 65.7 Å². The molecule has 0 saturated heterocycles. The Labute approximate surface area is 109 Å². The van der Waals surface area contributed by atoms with E-state index in [0.29, 0.717) is 6.54 Å². The zero-order chi connectivity index (χ0) is 13.7. The van der Waals surface area contributed by atoms with Crippen LogP contribution in [-0.4, -0.2) is 15.7 Å². The molecule has 0 aliphatic rings. The van der Waals surface area contributed by atoms with Crippen LogP contribution in [0.15, 0.2) is 48.7 Å². The minimum Gasteiger partial charge on any atom is -0.344 e. The summed E-state index contributed by atoms with van der Waals surface area (Å²) in [6, 6.07) is 9.93. The van der Waals surface area contributed by atoms with Gasteiger partial charge >= 0.3 is 0 Å². The highest BCUT2D eigenvalue weighted by molar-refractivity contribution is 5.90. The van der Waals surface area contributed by atoms with Crippen LogP contribution in [-0.2, 0) is 11.3 Å². The topological polar surface area (TPSA) is 54.3 Å². The molecule has 0 aliphatic heterocycles. The molecule has 5 heteroatoms. The van der Waals surface area contributed by atoms with Crippen LogP contribution in [0.3, 0.4) is 0 Å². The largest absolute Gasteiger partial charge is 0.344 e. The number of carbonyl (C=O) groups excluding carboxylic acids is 1. The molecule has 1 heterocycles. The number of benzene rings is 1. The molecule has 1 amide bonds. The van der Waals surface area contributed by atoms with Gasteiger partial charge in [-0.05, 0) is 35.9 Å². The molecule has 2 aromatic rings. The SMILES string of the molecule is O=C(C=Cc1cccn1Cc1ccc(F)cc1)NO.